The van der Waals surface area contributed by atoms with Gasteiger partial charge in [-0.05, 0) is 62.4 Å². The molecule has 1 aliphatic heterocycles. The molecule has 21 heavy (non-hydrogen) atoms. The van der Waals surface area contributed by atoms with Gasteiger partial charge in [-0.25, -0.2) is 4.79 Å². The number of anilines is 1. The second-order valence-corrected chi connectivity index (χ2v) is 6.49. The van der Waals surface area contributed by atoms with E-state index in [2.05, 4.69) is 10.6 Å². The van der Waals surface area contributed by atoms with Crippen molar-refractivity contribution in [2.24, 2.45) is 5.92 Å². The van der Waals surface area contributed by atoms with E-state index in [-0.39, 0.29) is 6.03 Å². The molecule has 114 valence electrons. The summed E-state index contributed by atoms with van der Waals surface area (Å²) >= 11 is 5.84. The molecule has 1 aromatic carbocycles. The Morgan fingerprint density at radius 1 is 1.14 bits per heavy atom. The summed E-state index contributed by atoms with van der Waals surface area (Å²) in [5.41, 5.74) is 0.790. The Balaban J connectivity index is 1.42. The fourth-order valence-corrected chi connectivity index (χ4v) is 2.80. The third-order valence-electron chi connectivity index (χ3n) is 4.27. The zero-order chi connectivity index (χ0) is 14.7. The van der Waals surface area contributed by atoms with Crippen molar-refractivity contribution >= 4 is 23.3 Å². The van der Waals surface area contributed by atoms with Crippen LogP contribution in [0.5, 0.6) is 0 Å². The van der Waals surface area contributed by atoms with Gasteiger partial charge in [0, 0.05) is 29.8 Å². The summed E-state index contributed by atoms with van der Waals surface area (Å²) in [6, 6.07) is 7.77. The molecule has 0 unspecified atom stereocenters. The quantitative estimate of drug-likeness (QED) is 0.896. The van der Waals surface area contributed by atoms with Crippen molar-refractivity contribution in [2.45, 2.75) is 31.7 Å². The van der Waals surface area contributed by atoms with Crippen molar-refractivity contribution in [1.82, 2.24) is 10.2 Å². The fraction of sp³-hybridized carbons (Fsp3) is 0.562. The first-order valence-electron chi connectivity index (χ1n) is 7.75. The van der Waals surface area contributed by atoms with E-state index in [0.717, 1.165) is 44.1 Å². The number of carbonyl (C=O) groups excluding carboxylic acids is 1. The van der Waals surface area contributed by atoms with Gasteiger partial charge >= 0.3 is 6.03 Å². The fourth-order valence-electron chi connectivity index (χ4n) is 2.68. The zero-order valence-electron chi connectivity index (χ0n) is 12.1. The predicted molar refractivity (Wildman–Crippen MR) is 85.8 cm³/mol. The SMILES string of the molecule is O=C(Nc1ccc(Cl)cc1)N1CCC(NCC2CC2)CC1. The van der Waals surface area contributed by atoms with Gasteiger partial charge in [-0.2, -0.15) is 0 Å². The highest BCUT2D eigenvalue weighted by Crippen LogP contribution is 2.28. The Bertz CT molecular complexity index is 479. The Kier molecular flexibility index (Phi) is 4.66. The van der Waals surface area contributed by atoms with Crippen molar-refractivity contribution in [1.29, 1.82) is 0 Å². The first-order valence-corrected chi connectivity index (χ1v) is 8.13. The first-order chi connectivity index (χ1) is 10.2. The van der Waals surface area contributed by atoms with E-state index in [1.807, 2.05) is 17.0 Å². The van der Waals surface area contributed by atoms with Crippen molar-refractivity contribution in [3.63, 3.8) is 0 Å². The summed E-state index contributed by atoms with van der Waals surface area (Å²) in [5.74, 6) is 0.913. The van der Waals surface area contributed by atoms with Gasteiger partial charge in [-0.1, -0.05) is 11.6 Å². The van der Waals surface area contributed by atoms with E-state index in [1.165, 1.54) is 12.8 Å². The van der Waals surface area contributed by atoms with Crippen LogP contribution in [0, 0.1) is 5.92 Å². The molecule has 2 aliphatic rings. The van der Waals surface area contributed by atoms with Gasteiger partial charge in [0.2, 0.25) is 0 Å². The highest BCUT2D eigenvalue weighted by atomic mass is 35.5. The average molecular weight is 308 g/mol. The average Bonchev–Trinajstić information content (AvgIpc) is 3.32. The minimum atomic E-state index is -0.0158. The Hall–Kier alpha value is -1.26. The maximum absolute atomic E-state index is 12.2. The van der Waals surface area contributed by atoms with Crippen molar-refractivity contribution in [3.8, 4) is 0 Å². The van der Waals surface area contributed by atoms with Crippen LogP contribution in [0.3, 0.4) is 0 Å². The smallest absolute Gasteiger partial charge is 0.321 e. The van der Waals surface area contributed by atoms with E-state index < -0.39 is 0 Å². The Morgan fingerprint density at radius 3 is 2.43 bits per heavy atom. The Labute approximate surface area is 130 Å². The molecule has 1 saturated heterocycles. The van der Waals surface area contributed by atoms with E-state index in [0.29, 0.717) is 11.1 Å². The maximum Gasteiger partial charge on any atom is 0.321 e. The molecule has 1 aromatic rings. The summed E-state index contributed by atoms with van der Waals surface area (Å²) in [7, 11) is 0. The van der Waals surface area contributed by atoms with Gasteiger partial charge < -0.3 is 15.5 Å². The molecule has 2 amide bonds. The molecule has 2 N–H and O–H groups in total. The molecular formula is C16H22ClN3O. The molecule has 5 heteroatoms. The zero-order valence-corrected chi connectivity index (χ0v) is 12.9. The van der Waals surface area contributed by atoms with Crippen LogP contribution in [-0.4, -0.2) is 36.6 Å². The van der Waals surface area contributed by atoms with Crippen LogP contribution < -0.4 is 10.6 Å². The molecule has 1 heterocycles. The van der Waals surface area contributed by atoms with Crippen molar-refractivity contribution < 1.29 is 4.79 Å². The molecule has 4 nitrogen and oxygen atoms in total. The number of amides is 2. The van der Waals surface area contributed by atoms with Gasteiger partial charge in [0.25, 0.3) is 0 Å². The monoisotopic (exact) mass is 307 g/mol. The highest BCUT2D eigenvalue weighted by Gasteiger charge is 2.25. The second-order valence-electron chi connectivity index (χ2n) is 6.05. The molecule has 0 radical (unpaired) electrons. The topological polar surface area (TPSA) is 44.4 Å². The lowest BCUT2D eigenvalue weighted by Crippen LogP contribution is -2.46. The molecule has 1 saturated carbocycles. The van der Waals surface area contributed by atoms with Gasteiger partial charge in [0.05, 0.1) is 0 Å². The summed E-state index contributed by atoms with van der Waals surface area (Å²) in [5, 5.41) is 7.22. The van der Waals surface area contributed by atoms with Gasteiger partial charge in [0.1, 0.15) is 0 Å². The predicted octanol–water partition coefficient (Wildman–Crippen LogP) is 3.34. The number of nitrogens with zero attached hydrogens (tertiary/aromatic N) is 1. The van der Waals surface area contributed by atoms with E-state index in [4.69, 9.17) is 11.6 Å². The number of hydrogen-bond donors (Lipinski definition) is 2. The number of benzene rings is 1. The minimum absolute atomic E-state index is 0.0158. The Morgan fingerprint density at radius 2 is 1.81 bits per heavy atom. The van der Waals surface area contributed by atoms with Crippen LogP contribution in [0.4, 0.5) is 10.5 Å². The van der Waals surface area contributed by atoms with Gasteiger partial charge in [-0.3, -0.25) is 0 Å². The molecular weight excluding hydrogens is 286 g/mol. The second kappa shape index (κ2) is 6.67. The molecule has 0 bridgehead atoms. The van der Waals surface area contributed by atoms with Gasteiger partial charge in [0.15, 0.2) is 0 Å². The highest BCUT2D eigenvalue weighted by molar-refractivity contribution is 6.30. The van der Waals surface area contributed by atoms with E-state index in [1.54, 1.807) is 12.1 Å². The minimum Gasteiger partial charge on any atom is -0.324 e. The number of piperidine rings is 1. The maximum atomic E-state index is 12.2. The molecule has 0 aromatic heterocycles. The summed E-state index contributed by atoms with van der Waals surface area (Å²) < 4.78 is 0. The van der Waals surface area contributed by atoms with Gasteiger partial charge in [-0.15, -0.1) is 0 Å². The lowest BCUT2D eigenvalue weighted by atomic mass is 10.1. The molecule has 3 rings (SSSR count). The number of halogens is 1. The summed E-state index contributed by atoms with van der Waals surface area (Å²) in [4.78, 5) is 14.1. The molecule has 2 fully saturated rings. The van der Waals surface area contributed by atoms with Crippen molar-refractivity contribution in [3.05, 3.63) is 29.3 Å². The van der Waals surface area contributed by atoms with E-state index >= 15 is 0 Å². The summed E-state index contributed by atoms with van der Waals surface area (Å²) in [6.07, 6.45) is 4.85. The number of likely N-dealkylation sites (tertiary alicyclic amines) is 1. The lowest BCUT2D eigenvalue weighted by Gasteiger charge is -2.32. The number of hydrogen-bond acceptors (Lipinski definition) is 2. The van der Waals surface area contributed by atoms with Crippen LogP contribution >= 0.6 is 11.6 Å². The number of urea groups is 1. The number of carbonyl (C=O) groups is 1. The van der Waals surface area contributed by atoms with Crippen molar-refractivity contribution in [2.75, 3.05) is 25.0 Å². The first kappa shape index (κ1) is 14.7. The standard InChI is InChI=1S/C16H22ClN3O/c17-13-3-5-15(6-4-13)19-16(21)20-9-7-14(8-10-20)18-11-12-1-2-12/h3-6,12,14,18H,1-2,7-11H2,(H,19,21). The normalized spacial score (nSPS) is 19.6. The number of rotatable bonds is 4. The van der Waals surface area contributed by atoms with Crippen LogP contribution in [-0.2, 0) is 0 Å². The lowest BCUT2D eigenvalue weighted by molar-refractivity contribution is 0.189. The molecule has 0 spiro atoms. The third-order valence-corrected chi connectivity index (χ3v) is 4.52. The van der Waals surface area contributed by atoms with Crippen LogP contribution in [0.1, 0.15) is 25.7 Å². The largest absolute Gasteiger partial charge is 0.324 e. The molecule has 0 atom stereocenters. The van der Waals surface area contributed by atoms with E-state index in [9.17, 15) is 4.79 Å². The number of nitrogens with one attached hydrogen (secondary N) is 2. The van der Waals surface area contributed by atoms with Crippen LogP contribution in [0.15, 0.2) is 24.3 Å². The van der Waals surface area contributed by atoms with Crippen LogP contribution in [0.25, 0.3) is 0 Å². The molecule has 1 aliphatic carbocycles. The third kappa shape index (κ3) is 4.35. The van der Waals surface area contributed by atoms with Crippen LogP contribution in [0.2, 0.25) is 5.02 Å². The summed E-state index contributed by atoms with van der Waals surface area (Å²) in [6.45, 7) is 2.80.